The van der Waals surface area contributed by atoms with E-state index in [1.807, 2.05) is 6.20 Å². The lowest BCUT2D eigenvalue weighted by atomic mass is 9.99. The zero-order chi connectivity index (χ0) is 10.1. The van der Waals surface area contributed by atoms with Crippen molar-refractivity contribution in [2.45, 2.75) is 19.8 Å². The molecule has 0 amide bonds. The van der Waals surface area contributed by atoms with E-state index in [9.17, 15) is 0 Å². The molecule has 0 aliphatic carbocycles. The molecular weight excluding hydrogens is 285 g/mol. The summed E-state index contributed by atoms with van der Waals surface area (Å²) < 4.78 is 1.27. The van der Waals surface area contributed by atoms with Gasteiger partial charge in [0.05, 0.1) is 5.52 Å². The Morgan fingerprint density at radius 1 is 1.21 bits per heavy atom. The summed E-state index contributed by atoms with van der Waals surface area (Å²) in [4.78, 5) is 4.36. The van der Waals surface area contributed by atoms with Crippen molar-refractivity contribution in [2.75, 3.05) is 0 Å². The minimum Gasteiger partial charge on any atom is -0.256 e. The standard InChI is InChI=1S/C12H12IN/c1-8(2)10-5-6-14-12-4-3-9(13)7-11(10)12/h3-8H,1-2H3. The molecule has 0 aliphatic rings. The van der Waals surface area contributed by atoms with Crippen LogP contribution in [-0.4, -0.2) is 4.98 Å². The van der Waals surface area contributed by atoms with Crippen LogP contribution in [0.5, 0.6) is 0 Å². The van der Waals surface area contributed by atoms with E-state index in [-0.39, 0.29) is 0 Å². The highest BCUT2D eigenvalue weighted by Crippen LogP contribution is 2.25. The van der Waals surface area contributed by atoms with Gasteiger partial charge in [0.15, 0.2) is 0 Å². The average Bonchev–Trinajstić information content (AvgIpc) is 2.16. The van der Waals surface area contributed by atoms with Gasteiger partial charge >= 0.3 is 0 Å². The van der Waals surface area contributed by atoms with Crippen molar-refractivity contribution < 1.29 is 0 Å². The van der Waals surface area contributed by atoms with Gasteiger partial charge in [-0.15, -0.1) is 0 Å². The molecule has 0 unspecified atom stereocenters. The van der Waals surface area contributed by atoms with Gasteiger partial charge in [0.2, 0.25) is 0 Å². The smallest absolute Gasteiger partial charge is 0.0705 e. The van der Waals surface area contributed by atoms with E-state index in [0.29, 0.717) is 5.92 Å². The van der Waals surface area contributed by atoms with Crippen LogP contribution in [0, 0.1) is 3.57 Å². The maximum absolute atomic E-state index is 4.36. The van der Waals surface area contributed by atoms with E-state index >= 15 is 0 Å². The number of hydrogen-bond donors (Lipinski definition) is 0. The van der Waals surface area contributed by atoms with Gasteiger partial charge in [-0.3, -0.25) is 4.98 Å². The minimum atomic E-state index is 0.554. The molecule has 1 heterocycles. The lowest BCUT2D eigenvalue weighted by Gasteiger charge is -2.09. The fraction of sp³-hybridized carbons (Fsp3) is 0.250. The Morgan fingerprint density at radius 2 is 2.00 bits per heavy atom. The summed E-state index contributed by atoms with van der Waals surface area (Å²) in [6.07, 6.45) is 1.89. The van der Waals surface area contributed by atoms with Crippen LogP contribution in [0.4, 0.5) is 0 Å². The Hall–Kier alpha value is -0.640. The van der Waals surface area contributed by atoms with Crippen molar-refractivity contribution in [2.24, 2.45) is 0 Å². The van der Waals surface area contributed by atoms with Crippen LogP contribution in [0.2, 0.25) is 0 Å². The molecule has 1 nitrogen and oxygen atoms in total. The highest BCUT2D eigenvalue weighted by molar-refractivity contribution is 14.1. The quantitative estimate of drug-likeness (QED) is 0.726. The Kier molecular flexibility index (Phi) is 2.72. The Morgan fingerprint density at radius 3 is 2.71 bits per heavy atom. The van der Waals surface area contributed by atoms with E-state index in [1.165, 1.54) is 14.5 Å². The van der Waals surface area contributed by atoms with E-state index in [1.54, 1.807) is 0 Å². The van der Waals surface area contributed by atoms with Crippen molar-refractivity contribution >= 4 is 33.5 Å². The molecule has 0 atom stereocenters. The normalized spacial score (nSPS) is 11.1. The maximum atomic E-state index is 4.36. The van der Waals surface area contributed by atoms with Crippen LogP contribution < -0.4 is 0 Å². The van der Waals surface area contributed by atoms with E-state index < -0.39 is 0 Å². The molecule has 2 heteroatoms. The van der Waals surface area contributed by atoms with Gasteiger partial charge in [0.1, 0.15) is 0 Å². The van der Waals surface area contributed by atoms with E-state index in [0.717, 1.165) is 5.52 Å². The van der Waals surface area contributed by atoms with Gasteiger partial charge < -0.3 is 0 Å². The first-order valence-corrected chi connectivity index (χ1v) is 5.80. The molecule has 0 bridgehead atoms. The summed E-state index contributed by atoms with van der Waals surface area (Å²) in [5, 5.41) is 1.29. The fourth-order valence-corrected chi connectivity index (χ4v) is 2.13. The van der Waals surface area contributed by atoms with Gasteiger partial charge in [-0.25, -0.2) is 0 Å². The largest absolute Gasteiger partial charge is 0.256 e. The molecule has 2 aromatic rings. The highest BCUT2D eigenvalue weighted by Gasteiger charge is 2.05. The monoisotopic (exact) mass is 297 g/mol. The summed E-state index contributed by atoms with van der Waals surface area (Å²) in [6.45, 7) is 4.43. The second-order valence-corrected chi connectivity index (χ2v) is 4.96. The Bertz CT molecular complexity index is 463. The number of fused-ring (bicyclic) bond motifs is 1. The van der Waals surface area contributed by atoms with Crippen molar-refractivity contribution in [3.63, 3.8) is 0 Å². The molecule has 0 aliphatic heterocycles. The number of pyridine rings is 1. The van der Waals surface area contributed by atoms with Crippen LogP contribution in [0.25, 0.3) is 10.9 Å². The molecule has 14 heavy (non-hydrogen) atoms. The molecule has 0 N–H and O–H groups in total. The maximum Gasteiger partial charge on any atom is 0.0705 e. The number of benzene rings is 1. The van der Waals surface area contributed by atoms with Crippen LogP contribution in [0.3, 0.4) is 0 Å². The second kappa shape index (κ2) is 3.85. The Labute approximate surface area is 97.7 Å². The zero-order valence-electron chi connectivity index (χ0n) is 8.29. The van der Waals surface area contributed by atoms with Crippen LogP contribution in [0.1, 0.15) is 25.3 Å². The molecule has 0 saturated carbocycles. The first kappa shape index (κ1) is 9.90. The van der Waals surface area contributed by atoms with Gasteiger partial charge in [0, 0.05) is 15.2 Å². The topological polar surface area (TPSA) is 12.9 Å². The number of rotatable bonds is 1. The fourth-order valence-electron chi connectivity index (χ4n) is 1.64. The lowest BCUT2D eigenvalue weighted by Crippen LogP contribution is -1.91. The number of aromatic nitrogens is 1. The third kappa shape index (κ3) is 1.75. The van der Waals surface area contributed by atoms with Gasteiger partial charge in [0.25, 0.3) is 0 Å². The molecule has 1 aromatic heterocycles. The summed E-state index contributed by atoms with van der Waals surface area (Å²) in [5.74, 6) is 0.554. The molecule has 0 spiro atoms. The molecule has 1 aromatic carbocycles. The van der Waals surface area contributed by atoms with Gasteiger partial charge in [-0.1, -0.05) is 13.8 Å². The average molecular weight is 297 g/mol. The third-order valence-corrected chi connectivity index (χ3v) is 3.03. The minimum absolute atomic E-state index is 0.554. The first-order valence-electron chi connectivity index (χ1n) is 4.72. The Balaban J connectivity index is 2.77. The summed E-state index contributed by atoms with van der Waals surface area (Å²) in [6, 6.07) is 8.50. The molecule has 0 radical (unpaired) electrons. The summed E-state index contributed by atoms with van der Waals surface area (Å²) in [5.41, 5.74) is 2.48. The number of nitrogens with zero attached hydrogens (tertiary/aromatic N) is 1. The molecule has 0 saturated heterocycles. The highest BCUT2D eigenvalue weighted by atomic mass is 127. The molecule has 72 valence electrons. The van der Waals surface area contributed by atoms with Crippen LogP contribution >= 0.6 is 22.6 Å². The summed E-state index contributed by atoms with van der Waals surface area (Å²) >= 11 is 2.34. The predicted octanol–water partition coefficient (Wildman–Crippen LogP) is 3.96. The summed E-state index contributed by atoms with van der Waals surface area (Å²) in [7, 11) is 0. The lowest BCUT2D eigenvalue weighted by molar-refractivity contribution is 0.874. The van der Waals surface area contributed by atoms with Crippen LogP contribution in [0.15, 0.2) is 30.5 Å². The molecule has 2 rings (SSSR count). The van der Waals surface area contributed by atoms with Crippen molar-refractivity contribution in [3.05, 3.63) is 39.6 Å². The van der Waals surface area contributed by atoms with Gasteiger partial charge in [-0.05, 0) is 58.3 Å². The number of halogens is 1. The van der Waals surface area contributed by atoms with Gasteiger partial charge in [-0.2, -0.15) is 0 Å². The van der Waals surface area contributed by atoms with Crippen molar-refractivity contribution in [1.82, 2.24) is 4.98 Å². The van der Waals surface area contributed by atoms with E-state index in [4.69, 9.17) is 0 Å². The zero-order valence-corrected chi connectivity index (χ0v) is 10.4. The predicted molar refractivity (Wildman–Crippen MR) is 68.5 cm³/mol. The van der Waals surface area contributed by atoms with Crippen molar-refractivity contribution in [3.8, 4) is 0 Å². The van der Waals surface area contributed by atoms with Crippen LogP contribution in [-0.2, 0) is 0 Å². The van der Waals surface area contributed by atoms with Crippen molar-refractivity contribution in [1.29, 1.82) is 0 Å². The third-order valence-electron chi connectivity index (χ3n) is 2.36. The second-order valence-electron chi connectivity index (χ2n) is 3.72. The number of hydrogen-bond acceptors (Lipinski definition) is 1. The SMILES string of the molecule is CC(C)c1ccnc2ccc(I)cc12. The first-order chi connectivity index (χ1) is 6.68. The molecule has 0 fully saturated rings. The van der Waals surface area contributed by atoms with E-state index in [2.05, 4.69) is 65.7 Å². The molecular formula is C12H12IN.